The van der Waals surface area contributed by atoms with Crippen molar-refractivity contribution in [1.29, 1.82) is 0 Å². The van der Waals surface area contributed by atoms with E-state index < -0.39 is 0 Å². The van der Waals surface area contributed by atoms with Gasteiger partial charge < -0.3 is 25.6 Å². The number of anilines is 2. The molecule has 0 amide bonds. The lowest BCUT2D eigenvalue weighted by Crippen LogP contribution is -2.15. The van der Waals surface area contributed by atoms with E-state index >= 15 is 0 Å². The quantitative estimate of drug-likeness (QED) is 0.712. The van der Waals surface area contributed by atoms with E-state index in [4.69, 9.17) is 15.2 Å². The first-order valence-electron chi connectivity index (χ1n) is 6.63. The Morgan fingerprint density at radius 3 is 2.29 bits per heavy atom. The minimum absolute atomic E-state index is 0.0439. The standard InChI is InChI=1S/C16H20N2O3/c1-20-15-8-12(17)13(9-16(15)21-2)18-14(10-19)11-6-4-3-5-7-11/h3-9,14,18-19H,10,17H2,1-2H3. The molecule has 4 N–H and O–H groups in total. The highest BCUT2D eigenvalue weighted by Gasteiger charge is 2.14. The summed E-state index contributed by atoms with van der Waals surface area (Å²) in [5, 5.41) is 12.8. The summed E-state index contributed by atoms with van der Waals surface area (Å²) in [5.41, 5.74) is 8.22. The van der Waals surface area contributed by atoms with Crippen LogP contribution in [0.25, 0.3) is 0 Å². The summed E-state index contributed by atoms with van der Waals surface area (Å²) in [6, 6.07) is 12.9. The van der Waals surface area contributed by atoms with Gasteiger partial charge in [-0.1, -0.05) is 30.3 Å². The van der Waals surface area contributed by atoms with Gasteiger partial charge in [-0.25, -0.2) is 0 Å². The van der Waals surface area contributed by atoms with Gasteiger partial charge in [-0.3, -0.25) is 0 Å². The molecular weight excluding hydrogens is 268 g/mol. The number of hydrogen-bond acceptors (Lipinski definition) is 5. The molecule has 0 aliphatic carbocycles. The number of rotatable bonds is 6. The zero-order chi connectivity index (χ0) is 15.2. The van der Waals surface area contributed by atoms with Crippen molar-refractivity contribution in [2.24, 2.45) is 0 Å². The van der Waals surface area contributed by atoms with E-state index in [0.717, 1.165) is 5.56 Å². The first-order valence-corrected chi connectivity index (χ1v) is 6.63. The smallest absolute Gasteiger partial charge is 0.162 e. The zero-order valence-electron chi connectivity index (χ0n) is 12.2. The van der Waals surface area contributed by atoms with Crippen molar-refractivity contribution in [3.63, 3.8) is 0 Å². The Morgan fingerprint density at radius 2 is 1.71 bits per heavy atom. The van der Waals surface area contributed by atoms with Gasteiger partial charge in [0.25, 0.3) is 0 Å². The predicted molar refractivity (Wildman–Crippen MR) is 83.8 cm³/mol. The van der Waals surface area contributed by atoms with Gasteiger partial charge in [0.1, 0.15) is 0 Å². The lowest BCUT2D eigenvalue weighted by atomic mass is 10.1. The van der Waals surface area contributed by atoms with E-state index in [-0.39, 0.29) is 12.6 Å². The van der Waals surface area contributed by atoms with Crippen LogP contribution in [0.2, 0.25) is 0 Å². The predicted octanol–water partition coefficient (Wildman–Crippen LogP) is 2.43. The molecule has 0 saturated heterocycles. The second-order valence-electron chi connectivity index (χ2n) is 4.58. The molecule has 1 atom stereocenters. The number of ether oxygens (including phenoxy) is 2. The largest absolute Gasteiger partial charge is 0.493 e. The summed E-state index contributed by atoms with van der Waals surface area (Å²) in [5.74, 6) is 1.15. The molecule has 0 fully saturated rings. The third-order valence-corrected chi connectivity index (χ3v) is 3.27. The number of aliphatic hydroxyl groups is 1. The number of methoxy groups -OCH3 is 2. The van der Waals surface area contributed by atoms with E-state index in [9.17, 15) is 5.11 Å². The maximum absolute atomic E-state index is 9.60. The van der Waals surface area contributed by atoms with Gasteiger partial charge >= 0.3 is 0 Å². The van der Waals surface area contributed by atoms with E-state index in [1.165, 1.54) is 0 Å². The number of nitrogen functional groups attached to an aromatic ring is 1. The summed E-state index contributed by atoms with van der Waals surface area (Å²) < 4.78 is 10.5. The highest BCUT2D eigenvalue weighted by molar-refractivity contribution is 5.72. The second kappa shape index (κ2) is 6.85. The SMILES string of the molecule is COc1cc(N)c(NC(CO)c2ccccc2)cc1OC. The third-order valence-electron chi connectivity index (χ3n) is 3.27. The van der Waals surface area contributed by atoms with Crippen LogP contribution in [0, 0.1) is 0 Å². The third kappa shape index (κ3) is 3.38. The summed E-state index contributed by atoms with van der Waals surface area (Å²) >= 11 is 0. The molecule has 0 radical (unpaired) electrons. The summed E-state index contributed by atoms with van der Waals surface area (Å²) in [6.07, 6.45) is 0. The van der Waals surface area contributed by atoms with E-state index in [2.05, 4.69) is 5.32 Å². The van der Waals surface area contributed by atoms with Crippen molar-refractivity contribution in [2.45, 2.75) is 6.04 Å². The molecule has 0 saturated carbocycles. The fourth-order valence-electron chi connectivity index (χ4n) is 2.13. The number of nitrogens with one attached hydrogen (secondary N) is 1. The molecule has 112 valence electrons. The van der Waals surface area contributed by atoms with Crippen LogP contribution in [0.3, 0.4) is 0 Å². The fraction of sp³-hybridized carbons (Fsp3) is 0.250. The highest BCUT2D eigenvalue weighted by Crippen LogP contribution is 2.36. The van der Waals surface area contributed by atoms with Crippen LogP contribution in [0.4, 0.5) is 11.4 Å². The van der Waals surface area contributed by atoms with Gasteiger partial charge in [0.05, 0.1) is 38.2 Å². The number of hydrogen-bond donors (Lipinski definition) is 3. The Balaban J connectivity index is 2.29. The van der Waals surface area contributed by atoms with Crippen LogP contribution in [-0.4, -0.2) is 25.9 Å². The molecule has 0 aromatic heterocycles. The molecule has 0 spiro atoms. The van der Waals surface area contributed by atoms with Crippen LogP contribution >= 0.6 is 0 Å². The topological polar surface area (TPSA) is 76.7 Å². The Bertz CT molecular complexity index is 588. The molecule has 0 aliphatic heterocycles. The molecule has 0 aliphatic rings. The minimum Gasteiger partial charge on any atom is -0.493 e. The monoisotopic (exact) mass is 288 g/mol. The van der Waals surface area contributed by atoms with E-state index in [1.54, 1.807) is 26.4 Å². The molecule has 1 unspecified atom stereocenters. The van der Waals surface area contributed by atoms with Crippen LogP contribution in [0.5, 0.6) is 11.5 Å². The molecule has 5 heteroatoms. The number of aliphatic hydroxyl groups excluding tert-OH is 1. The van der Waals surface area contributed by atoms with Crippen molar-refractivity contribution >= 4 is 11.4 Å². The van der Waals surface area contributed by atoms with E-state index in [0.29, 0.717) is 22.9 Å². The molecule has 2 rings (SSSR count). The number of benzene rings is 2. The molecule has 2 aromatic rings. The van der Waals surface area contributed by atoms with Gasteiger partial charge in [0, 0.05) is 12.1 Å². The maximum Gasteiger partial charge on any atom is 0.162 e. The van der Waals surface area contributed by atoms with Crippen molar-refractivity contribution < 1.29 is 14.6 Å². The Kier molecular flexibility index (Phi) is 4.90. The van der Waals surface area contributed by atoms with Gasteiger partial charge in [-0.2, -0.15) is 0 Å². The first-order chi connectivity index (χ1) is 10.2. The maximum atomic E-state index is 9.60. The zero-order valence-corrected chi connectivity index (χ0v) is 12.2. The van der Waals surface area contributed by atoms with Gasteiger partial charge in [0.2, 0.25) is 0 Å². The molecule has 2 aromatic carbocycles. The highest BCUT2D eigenvalue weighted by atomic mass is 16.5. The lowest BCUT2D eigenvalue weighted by Gasteiger charge is -2.20. The van der Waals surface area contributed by atoms with Crippen LogP contribution in [0.15, 0.2) is 42.5 Å². The second-order valence-corrected chi connectivity index (χ2v) is 4.58. The normalized spacial score (nSPS) is 11.8. The van der Waals surface area contributed by atoms with Crippen molar-refractivity contribution in [1.82, 2.24) is 0 Å². The first kappa shape index (κ1) is 15.0. The van der Waals surface area contributed by atoms with Gasteiger partial charge in [-0.05, 0) is 5.56 Å². The molecule has 21 heavy (non-hydrogen) atoms. The summed E-state index contributed by atoms with van der Waals surface area (Å²) in [7, 11) is 3.13. The Morgan fingerprint density at radius 1 is 1.10 bits per heavy atom. The molecule has 0 heterocycles. The average Bonchev–Trinajstić information content (AvgIpc) is 2.54. The van der Waals surface area contributed by atoms with E-state index in [1.807, 2.05) is 30.3 Å². The van der Waals surface area contributed by atoms with Crippen molar-refractivity contribution in [2.75, 3.05) is 31.9 Å². The molecule has 5 nitrogen and oxygen atoms in total. The lowest BCUT2D eigenvalue weighted by molar-refractivity contribution is 0.276. The van der Waals surface area contributed by atoms with Gasteiger partial charge in [-0.15, -0.1) is 0 Å². The molecule has 0 bridgehead atoms. The van der Waals surface area contributed by atoms with Crippen LogP contribution in [0.1, 0.15) is 11.6 Å². The van der Waals surface area contributed by atoms with Crippen molar-refractivity contribution in [3.05, 3.63) is 48.0 Å². The molecular formula is C16H20N2O3. The Hall–Kier alpha value is -2.40. The Labute approximate surface area is 124 Å². The number of nitrogens with two attached hydrogens (primary N) is 1. The van der Waals surface area contributed by atoms with Gasteiger partial charge in [0.15, 0.2) is 11.5 Å². The summed E-state index contributed by atoms with van der Waals surface area (Å²) in [6.45, 7) is -0.0439. The van der Waals surface area contributed by atoms with Crippen molar-refractivity contribution in [3.8, 4) is 11.5 Å². The van der Waals surface area contributed by atoms with Crippen LogP contribution in [-0.2, 0) is 0 Å². The average molecular weight is 288 g/mol. The minimum atomic E-state index is -0.244. The fourth-order valence-corrected chi connectivity index (χ4v) is 2.13. The van der Waals surface area contributed by atoms with Crippen LogP contribution < -0.4 is 20.5 Å². The summed E-state index contributed by atoms with van der Waals surface area (Å²) in [4.78, 5) is 0.